The Morgan fingerprint density at radius 2 is 2.14 bits per heavy atom. The number of hydrogen-bond acceptors (Lipinski definition) is 4. The van der Waals surface area contributed by atoms with E-state index in [1.54, 1.807) is 19.1 Å². The lowest BCUT2D eigenvalue weighted by molar-refractivity contribution is 0.0372. The Labute approximate surface area is 128 Å². The predicted molar refractivity (Wildman–Crippen MR) is 80.2 cm³/mol. The standard InChI is InChI=1S/C16H18N2O4/c1-16(20,14-3-2-6-22-14)10-17-15(19)18-13-5-4-11-8-21-9-12(11)7-13/h2-7,20H,8-10H2,1H3,(H2,17,18,19). The summed E-state index contributed by atoms with van der Waals surface area (Å²) < 4.78 is 10.5. The Morgan fingerprint density at radius 1 is 1.32 bits per heavy atom. The number of urea groups is 1. The van der Waals surface area contributed by atoms with Crippen LogP contribution in [0.15, 0.2) is 41.0 Å². The van der Waals surface area contributed by atoms with Crippen LogP contribution in [0.5, 0.6) is 0 Å². The number of nitrogens with one attached hydrogen (secondary N) is 2. The summed E-state index contributed by atoms with van der Waals surface area (Å²) in [6.07, 6.45) is 1.48. The molecule has 1 aromatic carbocycles. The van der Waals surface area contributed by atoms with Gasteiger partial charge in [0.15, 0.2) is 0 Å². The van der Waals surface area contributed by atoms with Crippen LogP contribution in [-0.2, 0) is 23.6 Å². The molecule has 0 spiro atoms. The van der Waals surface area contributed by atoms with E-state index in [4.69, 9.17) is 9.15 Å². The van der Waals surface area contributed by atoms with E-state index in [2.05, 4.69) is 10.6 Å². The lowest BCUT2D eigenvalue weighted by Crippen LogP contribution is -2.40. The van der Waals surface area contributed by atoms with Crippen LogP contribution in [0.1, 0.15) is 23.8 Å². The molecule has 0 saturated carbocycles. The SMILES string of the molecule is CC(O)(CNC(=O)Nc1ccc2c(c1)COC2)c1ccco1. The van der Waals surface area contributed by atoms with E-state index in [9.17, 15) is 9.90 Å². The first-order chi connectivity index (χ1) is 10.5. The first-order valence-electron chi connectivity index (χ1n) is 7.05. The van der Waals surface area contributed by atoms with Crippen molar-refractivity contribution in [2.75, 3.05) is 11.9 Å². The van der Waals surface area contributed by atoms with E-state index in [0.717, 1.165) is 11.1 Å². The highest BCUT2D eigenvalue weighted by Crippen LogP contribution is 2.23. The molecule has 0 bridgehead atoms. The molecule has 1 aliphatic heterocycles. The summed E-state index contributed by atoms with van der Waals surface area (Å²) >= 11 is 0. The van der Waals surface area contributed by atoms with E-state index >= 15 is 0 Å². The van der Waals surface area contributed by atoms with Gasteiger partial charge in [0.05, 0.1) is 26.0 Å². The van der Waals surface area contributed by atoms with Crippen LogP contribution in [0.3, 0.4) is 0 Å². The number of rotatable bonds is 4. The molecule has 3 N–H and O–H groups in total. The first kappa shape index (κ1) is 14.6. The molecule has 1 aliphatic rings. The van der Waals surface area contributed by atoms with Gasteiger partial charge >= 0.3 is 6.03 Å². The molecule has 2 aromatic rings. The molecule has 0 saturated heterocycles. The third-order valence-electron chi connectivity index (χ3n) is 3.62. The summed E-state index contributed by atoms with van der Waals surface area (Å²) in [4.78, 5) is 11.9. The number of carbonyl (C=O) groups is 1. The van der Waals surface area contributed by atoms with Crippen LogP contribution in [0, 0.1) is 0 Å². The van der Waals surface area contributed by atoms with Crippen molar-refractivity contribution in [3.8, 4) is 0 Å². The van der Waals surface area contributed by atoms with Crippen molar-refractivity contribution in [2.45, 2.75) is 25.7 Å². The summed E-state index contributed by atoms with van der Waals surface area (Å²) in [5.41, 5.74) is 1.67. The minimum Gasteiger partial charge on any atom is -0.466 e. The molecule has 3 rings (SSSR count). The Hall–Kier alpha value is -2.31. The van der Waals surface area contributed by atoms with E-state index in [1.807, 2.05) is 18.2 Å². The maximum Gasteiger partial charge on any atom is 0.319 e. The van der Waals surface area contributed by atoms with Crippen molar-refractivity contribution in [2.24, 2.45) is 0 Å². The molecule has 0 radical (unpaired) electrons. The highest BCUT2D eigenvalue weighted by atomic mass is 16.5. The van der Waals surface area contributed by atoms with Crippen molar-refractivity contribution in [3.63, 3.8) is 0 Å². The van der Waals surface area contributed by atoms with Crippen LogP contribution in [0.25, 0.3) is 0 Å². The number of aliphatic hydroxyl groups is 1. The fourth-order valence-electron chi connectivity index (χ4n) is 2.35. The van der Waals surface area contributed by atoms with E-state index in [-0.39, 0.29) is 12.6 Å². The zero-order valence-electron chi connectivity index (χ0n) is 12.3. The number of ether oxygens (including phenoxy) is 1. The zero-order chi connectivity index (χ0) is 15.6. The smallest absolute Gasteiger partial charge is 0.319 e. The average Bonchev–Trinajstić information content (AvgIpc) is 3.16. The maximum absolute atomic E-state index is 11.9. The zero-order valence-corrected chi connectivity index (χ0v) is 12.3. The van der Waals surface area contributed by atoms with Crippen LogP contribution < -0.4 is 10.6 Å². The normalized spacial score (nSPS) is 15.9. The number of carbonyl (C=O) groups excluding carboxylic acids is 1. The van der Waals surface area contributed by atoms with Gasteiger partial charge in [-0.3, -0.25) is 0 Å². The second-order valence-electron chi connectivity index (χ2n) is 5.54. The van der Waals surface area contributed by atoms with Gasteiger partial charge in [-0.05, 0) is 42.3 Å². The average molecular weight is 302 g/mol. The second kappa shape index (κ2) is 5.82. The van der Waals surface area contributed by atoms with Gasteiger partial charge < -0.3 is 24.9 Å². The fourth-order valence-corrected chi connectivity index (χ4v) is 2.35. The highest BCUT2D eigenvalue weighted by Gasteiger charge is 2.26. The molecule has 1 atom stereocenters. The van der Waals surface area contributed by atoms with Gasteiger partial charge in [-0.2, -0.15) is 0 Å². The van der Waals surface area contributed by atoms with Crippen LogP contribution in [-0.4, -0.2) is 17.7 Å². The number of fused-ring (bicyclic) bond motifs is 1. The quantitative estimate of drug-likeness (QED) is 0.809. The minimum absolute atomic E-state index is 0.0421. The third-order valence-corrected chi connectivity index (χ3v) is 3.62. The largest absolute Gasteiger partial charge is 0.466 e. The van der Waals surface area contributed by atoms with E-state index in [0.29, 0.717) is 24.7 Å². The number of furan rings is 1. The first-order valence-corrected chi connectivity index (χ1v) is 7.05. The fraction of sp³-hybridized carbons (Fsp3) is 0.312. The number of benzene rings is 1. The molecule has 2 heterocycles. The lowest BCUT2D eigenvalue weighted by Gasteiger charge is -2.21. The third kappa shape index (κ3) is 3.13. The molecule has 116 valence electrons. The van der Waals surface area contributed by atoms with E-state index in [1.165, 1.54) is 6.26 Å². The molecule has 0 fully saturated rings. The number of amides is 2. The number of hydrogen-bond donors (Lipinski definition) is 3. The van der Waals surface area contributed by atoms with Gasteiger partial charge in [0.2, 0.25) is 0 Å². The van der Waals surface area contributed by atoms with Crippen LogP contribution in [0.2, 0.25) is 0 Å². The van der Waals surface area contributed by atoms with Gasteiger partial charge in [0.25, 0.3) is 0 Å². The molecule has 6 heteroatoms. The van der Waals surface area contributed by atoms with Gasteiger partial charge in [0, 0.05) is 5.69 Å². The molecular weight excluding hydrogens is 284 g/mol. The molecule has 22 heavy (non-hydrogen) atoms. The maximum atomic E-state index is 11.9. The molecule has 1 unspecified atom stereocenters. The molecule has 2 amide bonds. The summed E-state index contributed by atoms with van der Waals surface area (Å²) in [6.45, 7) is 2.81. The van der Waals surface area contributed by atoms with E-state index < -0.39 is 5.60 Å². The van der Waals surface area contributed by atoms with Gasteiger partial charge in [-0.15, -0.1) is 0 Å². The minimum atomic E-state index is -1.26. The summed E-state index contributed by atoms with van der Waals surface area (Å²) in [5.74, 6) is 0.405. The molecular formula is C16H18N2O4. The molecule has 0 aliphatic carbocycles. The molecule has 1 aromatic heterocycles. The number of anilines is 1. The van der Waals surface area contributed by atoms with Crippen molar-refractivity contribution >= 4 is 11.7 Å². The van der Waals surface area contributed by atoms with Gasteiger partial charge in [-0.1, -0.05) is 6.07 Å². The monoisotopic (exact) mass is 302 g/mol. The van der Waals surface area contributed by atoms with Crippen molar-refractivity contribution in [3.05, 3.63) is 53.5 Å². The van der Waals surface area contributed by atoms with Crippen LogP contribution in [0.4, 0.5) is 10.5 Å². The summed E-state index contributed by atoms with van der Waals surface area (Å²) in [5, 5.41) is 15.6. The second-order valence-corrected chi connectivity index (χ2v) is 5.54. The van der Waals surface area contributed by atoms with Gasteiger partial charge in [0.1, 0.15) is 11.4 Å². The Morgan fingerprint density at radius 3 is 2.91 bits per heavy atom. The van der Waals surface area contributed by atoms with Crippen molar-refractivity contribution in [1.82, 2.24) is 5.32 Å². The van der Waals surface area contributed by atoms with Gasteiger partial charge in [-0.25, -0.2) is 4.79 Å². The summed E-state index contributed by atoms with van der Waals surface area (Å²) in [6, 6.07) is 8.64. The summed E-state index contributed by atoms with van der Waals surface area (Å²) in [7, 11) is 0. The predicted octanol–water partition coefficient (Wildman–Crippen LogP) is 2.34. The topological polar surface area (TPSA) is 83.7 Å². The van der Waals surface area contributed by atoms with Crippen molar-refractivity contribution < 1.29 is 19.1 Å². The Kier molecular flexibility index (Phi) is 3.87. The Balaban J connectivity index is 1.57. The van der Waals surface area contributed by atoms with Crippen LogP contribution >= 0.6 is 0 Å². The Bertz CT molecular complexity index is 665. The highest BCUT2D eigenvalue weighted by molar-refractivity contribution is 5.89. The lowest BCUT2D eigenvalue weighted by atomic mass is 10.0. The van der Waals surface area contributed by atoms with Crippen molar-refractivity contribution in [1.29, 1.82) is 0 Å². The molecule has 6 nitrogen and oxygen atoms in total.